The van der Waals surface area contributed by atoms with Gasteiger partial charge in [-0.25, -0.2) is 0 Å². The molecule has 1 aliphatic rings. The van der Waals surface area contributed by atoms with Crippen molar-refractivity contribution in [3.05, 3.63) is 29.3 Å². The van der Waals surface area contributed by atoms with E-state index in [1.165, 1.54) is 17.5 Å². The maximum atomic E-state index is 12.0. The smallest absolute Gasteiger partial charge is 0.392 e. The van der Waals surface area contributed by atoms with E-state index >= 15 is 0 Å². The predicted octanol–water partition coefficient (Wildman–Crippen LogP) is 3.90. The van der Waals surface area contributed by atoms with Crippen molar-refractivity contribution in [2.45, 2.75) is 38.3 Å². The van der Waals surface area contributed by atoms with Gasteiger partial charge in [-0.1, -0.05) is 6.07 Å². The summed E-state index contributed by atoms with van der Waals surface area (Å²) in [5.41, 5.74) is 2.53. The van der Waals surface area contributed by atoms with Gasteiger partial charge in [0, 0.05) is 0 Å². The summed E-state index contributed by atoms with van der Waals surface area (Å²) in [4.78, 5) is 0. The average molecular weight is 244 g/mol. The maximum Gasteiger partial charge on any atom is 0.392 e. The van der Waals surface area contributed by atoms with Gasteiger partial charge < -0.3 is 4.74 Å². The monoisotopic (exact) mass is 244 g/mol. The molecule has 0 amide bonds. The molecular weight excluding hydrogens is 229 g/mol. The first kappa shape index (κ1) is 12.3. The fraction of sp³-hybridized carbons (Fsp3) is 0.538. The molecule has 0 aromatic heterocycles. The van der Waals surface area contributed by atoms with Crippen LogP contribution in [0.1, 0.15) is 30.4 Å². The molecule has 94 valence electrons. The quantitative estimate of drug-likeness (QED) is 0.783. The number of hydrogen-bond donors (Lipinski definition) is 0. The third-order valence-corrected chi connectivity index (χ3v) is 2.97. The summed E-state index contributed by atoms with van der Waals surface area (Å²) in [6.07, 6.45) is -0.622. The van der Waals surface area contributed by atoms with E-state index in [1.807, 2.05) is 12.1 Å². The number of alkyl halides is 3. The highest BCUT2D eigenvalue weighted by atomic mass is 19.4. The van der Waals surface area contributed by atoms with Crippen LogP contribution in [-0.4, -0.2) is 12.8 Å². The lowest BCUT2D eigenvalue weighted by atomic mass is 9.92. The fourth-order valence-electron chi connectivity index (χ4n) is 2.08. The van der Waals surface area contributed by atoms with E-state index in [0.29, 0.717) is 5.75 Å². The average Bonchev–Trinajstić information content (AvgIpc) is 2.27. The Hall–Kier alpha value is -1.19. The van der Waals surface area contributed by atoms with Crippen molar-refractivity contribution in [2.24, 2.45) is 0 Å². The van der Waals surface area contributed by atoms with Gasteiger partial charge >= 0.3 is 6.18 Å². The zero-order chi connectivity index (χ0) is 12.3. The molecule has 2 rings (SSSR count). The minimum absolute atomic E-state index is 0.303. The van der Waals surface area contributed by atoms with E-state index < -0.39 is 12.6 Å². The van der Waals surface area contributed by atoms with Crippen LogP contribution in [0.2, 0.25) is 0 Å². The molecule has 0 atom stereocenters. The largest absolute Gasteiger partial charge is 0.493 e. The molecule has 0 N–H and O–H groups in total. The number of hydrogen-bond acceptors (Lipinski definition) is 1. The Kier molecular flexibility index (Phi) is 3.60. The molecule has 0 radical (unpaired) electrons. The van der Waals surface area contributed by atoms with Gasteiger partial charge in [0.05, 0.1) is 13.0 Å². The molecule has 0 saturated carbocycles. The summed E-state index contributed by atoms with van der Waals surface area (Å²) < 4.78 is 41.0. The van der Waals surface area contributed by atoms with Gasteiger partial charge in [0.1, 0.15) is 5.75 Å². The van der Waals surface area contributed by atoms with E-state index in [1.54, 1.807) is 6.07 Å². The first-order valence-corrected chi connectivity index (χ1v) is 5.86. The molecule has 1 aromatic rings. The lowest BCUT2D eigenvalue weighted by Crippen LogP contribution is -2.13. The van der Waals surface area contributed by atoms with Crippen LogP contribution in [0.4, 0.5) is 13.2 Å². The van der Waals surface area contributed by atoms with Gasteiger partial charge in [0.2, 0.25) is 0 Å². The van der Waals surface area contributed by atoms with Crippen LogP contribution in [0.25, 0.3) is 0 Å². The summed E-state index contributed by atoms with van der Waals surface area (Å²) in [7, 11) is 0. The minimum atomic E-state index is -4.14. The first-order valence-electron chi connectivity index (χ1n) is 5.86. The van der Waals surface area contributed by atoms with Crippen molar-refractivity contribution in [3.8, 4) is 5.75 Å². The van der Waals surface area contributed by atoms with Gasteiger partial charge in [-0.05, 0) is 48.9 Å². The molecule has 4 heteroatoms. The number of halogens is 3. The van der Waals surface area contributed by atoms with Gasteiger partial charge in [-0.3, -0.25) is 0 Å². The van der Waals surface area contributed by atoms with Crippen LogP contribution in [0.15, 0.2) is 18.2 Å². The Balaban J connectivity index is 1.93. The van der Waals surface area contributed by atoms with E-state index in [2.05, 4.69) is 0 Å². The van der Waals surface area contributed by atoms with Crippen molar-refractivity contribution in [3.63, 3.8) is 0 Å². The van der Waals surface area contributed by atoms with Crippen LogP contribution in [0, 0.1) is 0 Å². The standard InChI is InChI=1S/C13H15F3O/c14-13(15,16)7-8-17-12-6-5-10-3-1-2-4-11(10)9-12/h5-6,9H,1-4,7-8H2. The molecule has 0 bridgehead atoms. The summed E-state index contributed by atoms with van der Waals surface area (Å²) in [6.45, 7) is -0.303. The molecule has 17 heavy (non-hydrogen) atoms. The minimum Gasteiger partial charge on any atom is -0.493 e. The molecular formula is C13H15F3O. The van der Waals surface area contributed by atoms with Crippen LogP contribution in [0.5, 0.6) is 5.75 Å². The van der Waals surface area contributed by atoms with Crippen LogP contribution < -0.4 is 4.74 Å². The normalized spacial score (nSPS) is 15.5. The lowest BCUT2D eigenvalue weighted by molar-refractivity contribution is -0.139. The molecule has 1 nitrogen and oxygen atoms in total. The second-order valence-electron chi connectivity index (χ2n) is 4.35. The predicted molar refractivity (Wildman–Crippen MR) is 59.3 cm³/mol. The molecule has 0 fully saturated rings. The van der Waals surface area contributed by atoms with Crippen LogP contribution in [0.3, 0.4) is 0 Å². The third-order valence-electron chi connectivity index (χ3n) is 2.97. The summed E-state index contributed by atoms with van der Waals surface area (Å²) in [5.74, 6) is 0.551. The van der Waals surface area contributed by atoms with Crippen LogP contribution in [-0.2, 0) is 12.8 Å². The molecule has 1 aliphatic carbocycles. The molecule has 1 aromatic carbocycles. The van der Waals surface area contributed by atoms with Crippen molar-refractivity contribution in [1.29, 1.82) is 0 Å². The Morgan fingerprint density at radius 1 is 1.06 bits per heavy atom. The van der Waals surface area contributed by atoms with Crippen LogP contribution >= 0.6 is 0 Å². The SMILES string of the molecule is FC(F)(F)CCOc1ccc2c(c1)CCCC2. The fourth-order valence-corrected chi connectivity index (χ4v) is 2.08. The van der Waals surface area contributed by atoms with E-state index in [4.69, 9.17) is 4.74 Å². The van der Waals surface area contributed by atoms with Crippen molar-refractivity contribution in [1.82, 2.24) is 0 Å². The summed E-state index contributed by atoms with van der Waals surface area (Å²) >= 11 is 0. The third kappa shape index (κ3) is 3.65. The van der Waals surface area contributed by atoms with Gasteiger partial charge in [-0.15, -0.1) is 0 Å². The van der Waals surface area contributed by atoms with E-state index in [-0.39, 0.29) is 6.61 Å². The Bertz CT molecular complexity index is 385. The van der Waals surface area contributed by atoms with E-state index in [0.717, 1.165) is 19.3 Å². The highest BCUT2D eigenvalue weighted by Crippen LogP contribution is 2.26. The second-order valence-corrected chi connectivity index (χ2v) is 4.35. The van der Waals surface area contributed by atoms with Gasteiger partial charge in [-0.2, -0.15) is 13.2 Å². The van der Waals surface area contributed by atoms with E-state index in [9.17, 15) is 13.2 Å². The highest BCUT2D eigenvalue weighted by molar-refractivity contribution is 5.37. The molecule has 0 aliphatic heterocycles. The Morgan fingerprint density at radius 2 is 1.76 bits per heavy atom. The number of benzene rings is 1. The summed E-state index contributed by atoms with van der Waals surface area (Å²) in [5, 5.41) is 0. The van der Waals surface area contributed by atoms with Gasteiger partial charge in [0.25, 0.3) is 0 Å². The summed E-state index contributed by atoms with van der Waals surface area (Å²) in [6, 6.07) is 5.61. The zero-order valence-corrected chi connectivity index (χ0v) is 9.52. The molecule has 0 saturated heterocycles. The topological polar surface area (TPSA) is 9.23 Å². The zero-order valence-electron chi connectivity index (χ0n) is 9.52. The highest BCUT2D eigenvalue weighted by Gasteiger charge is 2.26. The maximum absolute atomic E-state index is 12.0. The number of ether oxygens (including phenoxy) is 1. The second kappa shape index (κ2) is 4.98. The number of aryl methyl sites for hydroxylation is 2. The molecule has 0 unspecified atom stereocenters. The first-order chi connectivity index (χ1) is 8.04. The van der Waals surface area contributed by atoms with Crippen molar-refractivity contribution in [2.75, 3.05) is 6.61 Å². The van der Waals surface area contributed by atoms with Crippen molar-refractivity contribution >= 4 is 0 Å². The van der Waals surface area contributed by atoms with Gasteiger partial charge in [0.15, 0.2) is 0 Å². The molecule has 0 heterocycles. The number of rotatable bonds is 3. The lowest BCUT2D eigenvalue weighted by Gasteiger charge is -2.17. The number of fused-ring (bicyclic) bond motifs is 1. The Morgan fingerprint density at radius 3 is 2.47 bits per heavy atom. The molecule has 0 spiro atoms. The Labute approximate surface area is 98.6 Å². The van der Waals surface area contributed by atoms with Crippen molar-refractivity contribution < 1.29 is 17.9 Å².